The third-order valence-corrected chi connectivity index (χ3v) is 4.46. The van der Waals surface area contributed by atoms with Gasteiger partial charge in [-0.1, -0.05) is 30.6 Å². The van der Waals surface area contributed by atoms with Gasteiger partial charge in [-0.15, -0.1) is 0 Å². The summed E-state index contributed by atoms with van der Waals surface area (Å²) in [5.74, 6) is 2.25. The number of ether oxygens (including phenoxy) is 1. The summed E-state index contributed by atoms with van der Waals surface area (Å²) in [6.07, 6.45) is 1.55. The molecular formula is C17H18ClN5O2. The van der Waals surface area contributed by atoms with Gasteiger partial charge in [-0.2, -0.15) is 4.98 Å². The van der Waals surface area contributed by atoms with E-state index in [1.54, 1.807) is 6.33 Å². The van der Waals surface area contributed by atoms with Crippen LogP contribution in [-0.2, 0) is 4.74 Å². The van der Waals surface area contributed by atoms with Gasteiger partial charge < -0.3 is 14.2 Å². The molecular weight excluding hydrogens is 342 g/mol. The van der Waals surface area contributed by atoms with E-state index in [0.717, 1.165) is 16.7 Å². The van der Waals surface area contributed by atoms with Crippen molar-refractivity contribution in [1.82, 2.24) is 20.1 Å². The zero-order valence-electron chi connectivity index (χ0n) is 14.0. The van der Waals surface area contributed by atoms with Crippen molar-refractivity contribution >= 4 is 28.3 Å². The molecule has 0 amide bonds. The minimum atomic E-state index is -0.154. The van der Waals surface area contributed by atoms with Crippen molar-refractivity contribution in [3.8, 4) is 0 Å². The Kier molecular flexibility index (Phi) is 4.27. The predicted molar refractivity (Wildman–Crippen MR) is 93.8 cm³/mol. The van der Waals surface area contributed by atoms with Gasteiger partial charge in [-0.05, 0) is 18.2 Å². The third kappa shape index (κ3) is 3.05. The van der Waals surface area contributed by atoms with E-state index in [-0.39, 0.29) is 12.0 Å². The van der Waals surface area contributed by atoms with Crippen LogP contribution < -0.4 is 4.90 Å². The maximum absolute atomic E-state index is 6.09. The molecule has 1 aromatic carbocycles. The second-order valence-electron chi connectivity index (χ2n) is 6.29. The second-order valence-corrected chi connectivity index (χ2v) is 6.72. The average molecular weight is 360 g/mol. The van der Waals surface area contributed by atoms with Crippen LogP contribution in [-0.4, -0.2) is 39.9 Å². The molecule has 4 rings (SSSR count). The quantitative estimate of drug-likeness (QED) is 0.709. The van der Waals surface area contributed by atoms with Crippen molar-refractivity contribution in [2.75, 3.05) is 24.7 Å². The van der Waals surface area contributed by atoms with Crippen LogP contribution in [0.4, 0.5) is 5.82 Å². The number of hydrogen-bond donors (Lipinski definition) is 0. The highest BCUT2D eigenvalue weighted by molar-refractivity contribution is 6.31. The summed E-state index contributed by atoms with van der Waals surface area (Å²) in [6, 6.07) is 5.47. The number of nitrogens with zero attached hydrogens (tertiary/aromatic N) is 5. The van der Waals surface area contributed by atoms with Gasteiger partial charge in [0.25, 0.3) is 0 Å². The molecule has 1 atom stereocenters. The Bertz CT molecular complexity index is 898. The first-order chi connectivity index (χ1) is 12.1. The summed E-state index contributed by atoms with van der Waals surface area (Å²) in [4.78, 5) is 15.5. The Labute approximate surface area is 150 Å². The van der Waals surface area contributed by atoms with Gasteiger partial charge in [-0.25, -0.2) is 9.97 Å². The first kappa shape index (κ1) is 16.2. The van der Waals surface area contributed by atoms with E-state index in [1.807, 2.05) is 32.0 Å². The minimum Gasteiger partial charge on any atom is -0.377 e. The summed E-state index contributed by atoms with van der Waals surface area (Å²) >= 11 is 6.09. The highest BCUT2D eigenvalue weighted by Crippen LogP contribution is 2.32. The minimum absolute atomic E-state index is 0.154. The van der Waals surface area contributed by atoms with E-state index in [2.05, 4.69) is 25.0 Å². The van der Waals surface area contributed by atoms with E-state index < -0.39 is 0 Å². The number of halogens is 1. The summed E-state index contributed by atoms with van der Waals surface area (Å²) in [5, 5.41) is 5.74. The first-order valence-electron chi connectivity index (χ1n) is 8.21. The molecule has 0 aliphatic carbocycles. The lowest BCUT2D eigenvalue weighted by Crippen LogP contribution is -2.40. The van der Waals surface area contributed by atoms with E-state index >= 15 is 0 Å². The number of fused-ring (bicyclic) bond motifs is 1. The van der Waals surface area contributed by atoms with Crippen molar-refractivity contribution in [2.45, 2.75) is 25.8 Å². The molecule has 0 bridgehead atoms. The van der Waals surface area contributed by atoms with E-state index in [4.69, 9.17) is 20.9 Å². The van der Waals surface area contributed by atoms with Crippen LogP contribution in [0.15, 0.2) is 29.0 Å². The molecule has 130 valence electrons. The molecule has 3 aromatic rings. The Balaban J connectivity index is 1.76. The number of aromatic nitrogens is 4. The standard InChI is InChI=1S/C17H18ClN5O2/c1-10(2)17-21-15(22-25-17)14-8-24-6-5-23(14)16-12-4-3-11(18)7-13(12)19-9-20-16/h3-4,7,9-10,14H,5-6,8H2,1-2H3/t14-/m0/s1. The lowest BCUT2D eigenvalue weighted by Gasteiger charge is -2.35. The molecule has 1 saturated heterocycles. The lowest BCUT2D eigenvalue weighted by atomic mass is 10.1. The SMILES string of the molecule is CC(C)c1nc([C@@H]2COCCN2c2ncnc3cc(Cl)ccc23)no1. The Morgan fingerprint density at radius 3 is 2.96 bits per heavy atom. The number of morpholine rings is 1. The van der Waals surface area contributed by atoms with Gasteiger partial charge >= 0.3 is 0 Å². The molecule has 25 heavy (non-hydrogen) atoms. The number of anilines is 1. The van der Waals surface area contributed by atoms with Gasteiger partial charge in [0.1, 0.15) is 18.2 Å². The van der Waals surface area contributed by atoms with Gasteiger partial charge in [0.05, 0.1) is 18.7 Å². The van der Waals surface area contributed by atoms with Crippen molar-refractivity contribution in [2.24, 2.45) is 0 Å². The summed E-state index contributed by atoms with van der Waals surface area (Å²) in [6.45, 7) is 5.83. The zero-order chi connectivity index (χ0) is 17.4. The molecule has 2 aromatic heterocycles. The topological polar surface area (TPSA) is 77.2 Å². The second kappa shape index (κ2) is 6.57. The molecule has 1 aliphatic rings. The highest BCUT2D eigenvalue weighted by Gasteiger charge is 2.31. The Morgan fingerprint density at radius 1 is 1.28 bits per heavy atom. The molecule has 8 heteroatoms. The molecule has 1 aliphatic heterocycles. The number of hydrogen-bond acceptors (Lipinski definition) is 7. The fourth-order valence-corrected chi connectivity index (χ4v) is 3.10. The largest absolute Gasteiger partial charge is 0.377 e. The lowest BCUT2D eigenvalue weighted by molar-refractivity contribution is 0.0907. The molecule has 1 fully saturated rings. The van der Waals surface area contributed by atoms with Crippen LogP contribution in [0.3, 0.4) is 0 Å². The molecule has 0 N–H and O–H groups in total. The molecule has 0 spiro atoms. The number of benzene rings is 1. The van der Waals surface area contributed by atoms with Crippen LogP contribution in [0, 0.1) is 0 Å². The van der Waals surface area contributed by atoms with Crippen molar-refractivity contribution < 1.29 is 9.26 Å². The first-order valence-corrected chi connectivity index (χ1v) is 8.59. The number of rotatable bonds is 3. The molecule has 0 saturated carbocycles. The van der Waals surface area contributed by atoms with Crippen molar-refractivity contribution in [3.63, 3.8) is 0 Å². The molecule has 0 radical (unpaired) electrons. The maximum atomic E-state index is 6.09. The monoisotopic (exact) mass is 359 g/mol. The maximum Gasteiger partial charge on any atom is 0.229 e. The summed E-state index contributed by atoms with van der Waals surface area (Å²) < 4.78 is 11.0. The van der Waals surface area contributed by atoms with E-state index in [9.17, 15) is 0 Å². The fraction of sp³-hybridized carbons (Fsp3) is 0.412. The molecule has 3 heterocycles. The zero-order valence-corrected chi connectivity index (χ0v) is 14.8. The normalized spacial score (nSPS) is 18.2. The average Bonchev–Trinajstić information content (AvgIpc) is 3.11. The Morgan fingerprint density at radius 2 is 2.16 bits per heavy atom. The van der Waals surface area contributed by atoms with E-state index in [1.165, 1.54) is 0 Å². The summed E-state index contributed by atoms with van der Waals surface area (Å²) in [7, 11) is 0. The van der Waals surface area contributed by atoms with Crippen LogP contribution in [0.5, 0.6) is 0 Å². The van der Waals surface area contributed by atoms with Gasteiger partial charge in [0, 0.05) is 22.9 Å². The smallest absolute Gasteiger partial charge is 0.229 e. The van der Waals surface area contributed by atoms with Crippen molar-refractivity contribution in [1.29, 1.82) is 0 Å². The Hall–Kier alpha value is -2.25. The third-order valence-electron chi connectivity index (χ3n) is 4.23. The highest BCUT2D eigenvalue weighted by atomic mass is 35.5. The van der Waals surface area contributed by atoms with Gasteiger partial charge in [-0.3, -0.25) is 0 Å². The van der Waals surface area contributed by atoms with Crippen LogP contribution in [0.1, 0.15) is 37.5 Å². The van der Waals surface area contributed by atoms with Crippen molar-refractivity contribution in [3.05, 3.63) is 41.3 Å². The fourth-order valence-electron chi connectivity index (χ4n) is 2.93. The van der Waals surface area contributed by atoms with Crippen LogP contribution >= 0.6 is 11.6 Å². The van der Waals surface area contributed by atoms with Crippen LogP contribution in [0.2, 0.25) is 5.02 Å². The van der Waals surface area contributed by atoms with E-state index in [0.29, 0.717) is 36.5 Å². The summed E-state index contributed by atoms with van der Waals surface area (Å²) in [5.41, 5.74) is 0.804. The molecule has 7 nitrogen and oxygen atoms in total. The van der Waals surface area contributed by atoms with Gasteiger partial charge in [0.15, 0.2) is 5.82 Å². The van der Waals surface area contributed by atoms with Crippen LogP contribution in [0.25, 0.3) is 10.9 Å². The molecule has 0 unspecified atom stereocenters. The van der Waals surface area contributed by atoms with Gasteiger partial charge in [0.2, 0.25) is 5.89 Å². The predicted octanol–water partition coefficient (Wildman–Crippen LogP) is 3.37.